The van der Waals surface area contributed by atoms with Crippen molar-refractivity contribution in [2.45, 2.75) is 83.3 Å². The summed E-state index contributed by atoms with van der Waals surface area (Å²) in [5.41, 5.74) is 0.293. The van der Waals surface area contributed by atoms with Crippen molar-refractivity contribution in [2.75, 3.05) is 13.2 Å². The average molecular weight is 253 g/mol. The summed E-state index contributed by atoms with van der Waals surface area (Å²) in [5.74, 6) is 0.880. The van der Waals surface area contributed by atoms with Gasteiger partial charge in [-0.15, -0.1) is 0 Å². The lowest BCUT2D eigenvalue weighted by Crippen LogP contribution is -2.51. The zero-order valence-corrected chi connectivity index (χ0v) is 12.3. The predicted octanol–water partition coefficient (Wildman–Crippen LogP) is 3.89. The number of ether oxygens (including phenoxy) is 1. The van der Waals surface area contributed by atoms with E-state index in [0.717, 1.165) is 18.6 Å². The molecule has 2 heteroatoms. The minimum absolute atomic E-state index is 0.293. The van der Waals surface area contributed by atoms with Crippen molar-refractivity contribution in [1.82, 2.24) is 5.32 Å². The average Bonchev–Trinajstić information content (AvgIpc) is 2.37. The quantitative estimate of drug-likeness (QED) is 0.743. The molecule has 2 atom stereocenters. The first-order valence-electron chi connectivity index (χ1n) is 8.15. The first-order valence-corrected chi connectivity index (χ1v) is 8.15. The Morgan fingerprint density at radius 1 is 1.33 bits per heavy atom. The molecule has 0 radical (unpaired) electrons. The second-order valence-electron chi connectivity index (χ2n) is 6.40. The molecule has 0 amide bonds. The summed E-state index contributed by atoms with van der Waals surface area (Å²) >= 11 is 0. The number of hydrogen-bond donors (Lipinski definition) is 1. The Labute approximate surface area is 113 Å². The van der Waals surface area contributed by atoms with Crippen molar-refractivity contribution < 1.29 is 4.74 Å². The molecule has 1 N–H and O–H groups in total. The largest absolute Gasteiger partial charge is 0.375 e. The van der Waals surface area contributed by atoms with Crippen LogP contribution < -0.4 is 5.32 Å². The summed E-state index contributed by atoms with van der Waals surface area (Å²) in [5, 5.41) is 3.82. The highest BCUT2D eigenvalue weighted by molar-refractivity contribution is 4.96. The lowest BCUT2D eigenvalue weighted by Gasteiger charge is -2.47. The van der Waals surface area contributed by atoms with Gasteiger partial charge < -0.3 is 10.1 Å². The van der Waals surface area contributed by atoms with Gasteiger partial charge >= 0.3 is 0 Å². The molecule has 0 aromatic heterocycles. The van der Waals surface area contributed by atoms with Crippen LogP contribution in [-0.2, 0) is 4.74 Å². The standard InChI is InChI=1S/C16H31NO/c1-3-5-7-14(4-2)13-17-15-8-11-18-16(12-15)9-6-10-16/h14-15,17H,3-13H2,1-2H3. The molecule has 1 spiro atoms. The highest BCUT2D eigenvalue weighted by Crippen LogP contribution is 2.42. The van der Waals surface area contributed by atoms with Crippen LogP contribution in [0.5, 0.6) is 0 Å². The topological polar surface area (TPSA) is 21.3 Å². The van der Waals surface area contributed by atoms with Crippen LogP contribution >= 0.6 is 0 Å². The third-order valence-corrected chi connectivity index (χ3v) is 5.00. The van der Waals surface area contributed by atoms with Crippen molar-refractivity contribution in [3.05, 3.63) is 0 Å². The van der Waals surface area contributed by atoms with E-state index < -0.39 is 0 Å². The Bertz CT molecular complexity index is 237. The van der Waals surface area contributed by atoms with Gasteiger partial charge in [-0.3, -0.25) is 0 Å². The summed E-state index contributed by atoms with van der Waals surface area (Å²) in [6.45, 7) is 6.82. The molecule has 1 aliphatic carbocycles. The smallest absolute Gasteiger partial charge is 0.0697 e. The van der Waals surface area contributed by atoms with E-state index in [1.165, 1.54) is 64.3 Å². The molecule has 0 bridgehead atoms. The van der Waals surface area contributed by atoms with Gasteiger partial charge in [-0.25, -0.2) is 0 Å². The molecule has 2 nitrogen and oxygen atoms in total. The van der Waals surface area contributed by atoms with Crippen LogP contribution in [0.2, 0.25) is 0 Å². The van der Waals surface area contributed by atoms with E-state index in [0.29, 0.717) is 5.60 Å². The second kappa shape index (κ2) is 6.91. The van der Waals surface area contributed by atoms with Gasteiger partial charge in [-0.05, 0) is 51.0 Å². The van der Waals surface area contributed by atoms with Crippen LogP contribution in [0.4, 0.5) is 0 Å². The molecule has 106 valence electrons. The van der Waals surface area contributed by atoms with Crippen LogP contribution in [0, 0.1) is 5.92 Å². The Morgan fingerprint density at radius 3 is 2.78 bits per heavy atom. The Kier molecular flexibility index (Phi) is 5.50. The molecular weight excluding hydrogens is 222 g/mol. The number of unbranched alkanes of at least 4 members (excludes halogenated alkanes) is 1. The van der Waals surface area contributed by atoms with Crippen molar-refractivity contribution in [3.8, 4) is 0 Å². The fraction of sp³-hybridized carbons (Fsp3) is 1.00. The number of hydrogen-bond acceptors (Lipinski definition) is 2. The van der Waals surface area contributed by atoms with E-state index in [1.54, 1.807) is 0 Å². The minimum atomic E-state index is 0.293. The lowest BCUT2D eigenvalue weighted by atomic mass is 9.74. The molecule has 2 unspecified atom stereocenters. The Hall–Kier alpha value is -0.0800. The molecule has 18 heavy (non-hydrogen) atoms. The fourth-order valence-electron chi connectivity index (χ4n) is 3.40. The van der Waals surface area contributed by atoms with E-state index in [2.05, 4.69) is 19.2 Å². The molecule has 0 aromatic carbocycles. The molecule has 1 aliphatic heterocycles. The Balaban J connectivity index is 1.68. The third-order valence-electron chi connectivity index (χ3n) is 5.00. The van der Waals surface area contributed by atoms with Crippen LogP contribution in [0.15, 0.2) is 0 Å². The summed E-state index contributed by atoms with van der Waals surface area (Å²) in [4.78, 5) is 0. The van der Waals surface area contributed by atoms with Gasteiger partial charge in [0.1, 0.15) is 0 Å². The van der Waals surface area contributed by atoms with E-state index in [-0.39, 0.29) is 0 Å². The first kappa shape index (κ1) is 14.3. The lowest BCUT2D eigenvalue weighted by molar-refractivity contribution is -0.135. The normalized spacial score (nSPS) is 28.0. The second-order valence-corrected chi connectivity index (χ2v) is 6.40. The zero-order chi connectivity index (χ0) is 12.8. The highest BCUT2D eigenvalue weighted by Gasteiger charge is 2.42. The monoisotopic (exact) mass is 253 g/mol. The van der Waals surface area contributed by atoms with E-state index in [1.807, 2.05) is 0 Å². The van der Waals surface area contributed by atoms with Gasteiger partial charge in [-0.1, -0.05) is 33.1 Å². The maximum atomic E-state index is 5.99. The predicted molar refractivity (Wildman–Crippen MR) is 76.9 cm³/mol. The SMILES string of the molecule is CCCCC(CC)CNC1CCOC2(CCC2)C1. The van der Waals surface area contributed by atoms with Crippen molar-refractivity contribution in [3.63, 3.8) is 0 Å². The fourth-order valence-corrected chi connectivity index (χ4v) is 3.40. The van der Waals surface area contributed by atoms with Crippen LogP contribution in [0.25, 0.3) is 0 Å². The summed E-state index contributed by atoms with van der Waals surface area (Å²) in [7, 11) is 0. The number of rotatable bonds is 7. The highest BCUT2D eigenvalue weighted by atomic mass is 16.5. The summed E-state index contributed by atoms with van der Waals surface area (Å²) < 4.78 is 5.99. The minimum Gasteiger partial charge on any atom is -0.375 e. The summed E-state index contributed by atoms with van der Waals surface area (Å²) in [6.07, 6.45) is 11.9. The van der Waals surface area contributed by atoms with E-state index in [9.17, 15) is 0 Å². The molecule has 2 aliphatic rings. The van der Waals surface area contributed by atoms with Gasteiger partial charge in [0.25, 0.3) is 0 Å². The molecule has 1 saturated carbocycles. The van der Waals surface area contributed by atoms with Crippen molar-refractivity contribution in [1.29, 1.82) is 0 Å². The maximum absolute atomic E-state index is 5.99. The molecule has 2 rings (SSSR count). The van der Waals surface area contributed by atoms with Gasteiger partial charge in [0.15, 0.2) is 0 Å². The molecule has 2 fully saturated rings. The molecule has 0 aromatic rings. The molecular formula is C16H31NO. The van der Waals surface area contributed by atoms with Crippen LogP contribution in [0.1, 0.15) is 71.6 Å². The molecule has 1 heterocycles. The van der Waals surface area contributed by atoms with Gasteiger partial charge in [0, 0.05) is 12.6 Å². The van der Waals surface area contributed by atoms with Crippen LogP contribution in [0.3, 0.4) is 0 Å². The van der Waals surface area contributed by atoms with Gasteiger partial charge in [-0.2, -0.15) is 0 Å². The Morgan fingerprint density at radius 2 is 2.17 bits per heavy atom. The van der Waals surface area contributed by atoms with Gasteiger partial charge in [0.05, 0.1) is 5.60 Å². The van der Waals surface area contributed by atoms with E-state index in [4.69, 9.17) is 4.74 Å². The first-order chi connectivity index (χ1) is 8.78. The number of nitrogens with one attached hydrogen (secondary N) is 1. The summed E-state index contributed by atoms with van der Waals surface area (Å²) in [6, 6.07) is 0.717. The van der Waals surface area contributed by atoms with Crippen LogP contribution in [-0.4, -0.2) is 24.8 Å². The zero-order valence-electron chi connectivity index (χ0n) is 12.3. The molecule has 1 saturated heterocycles. The van der Waals surface area contributed by atoms with Gasteiger partial charge in [0.2, 0.25) is 0 Å². The third kappa shape index (κ3) is 3.71. The van der Waals surface area contributed by atoms with E-state index >= 15 is 0 Å². The van der Waals surface area contributed by atoms with Crippen molar-refractivity contribution in [2.24, 2.45) is 5.92 Å². The maximum Gasteiger partial charge on any atom is 0.0697 e. The van der Waals surface area contributed by atoms with Crippen molar-refractivity contribution >= 4 is 0 Å².